The highest BCUT2D eigenvalue weighted by atomic mass is 16.5. The Labute approximate surface area is 76.9 Å². The summed E-state index contributed by atoms with van der Waals surface area (Å²) in [6, 6.07) is 1.36. The Bertz CT molecular complexity index is 234. The van der Waals surface area contributed by atoms with Gasteiger partial charge in [0, 0.05) is 19.5 Å². The SMILES string of the molecule is CN(O)C(C#N)CC1CCNC1=O. The van der Waals surface area contributed by atoms with Crippen LogP contribution in [0, 0.1) is 17.2 Å². The van der Waals surface area contributed by atoms with Crippen LogP contribution in [0.25, 0.3) is 0 Å². The van der Waals surface area contributed by atoms with Crippen molar-refractivity contribution >= 4 is 5.91 Å². The molecule has 1 rings (SSSR count). The second-order valence-electron chi connectivity index (χ2n) is 3.23. The number of amides is 1. The highest BCUT2D eigenvalue weighted by Gasteiger charge is 2.28. The van der Waals surface area contributed by atoms with Gasteiger partial charge in [0.2, 0.25) is 5.91 Å². The summed E-state index contributed by atoms with van der Waals surface area (Å²) in [5, 5.41) is 21.2. The standard InChI is InChI=1S/C8H13N3O2/c1-11(13)7(5-9)4-6-2-3-10-8(6)12/h6-7,13H,2-4H2,1H3,(H,10,12). The molecule has 2 unspecified atom stereocenters. The third-order valence-electron chi connectivity index (χ3n) is 2.27. The Hall–Kier alpha value is -1.12. The lowest BCUT2D eigenvalue weighted by atomic mass is 9.99. The number of hydroxylamine groups is 2. The van der Waals surface area contributed by atoms with Crippen LogP contribution >= 0.6 is 0 Å². The van der Waals surface area contributed by atoms with E-state index in [1.807, 2.05) is 6.07 Å². The Balaban J connectivity index is 2.47. The average Bonchev–Trinajstić information content (AvgIpc) is 2.46. The van der Waals surface area contributed by atoms with Crippen molar-refractivity contribution in [2.75, 3.05) is 13.6 Å². The molecule has 1 heterocycles. The molecule has 0 spiro atoms. The minimum absolute atomic E-state index is 0.0119. The second-order valence-corrected chi connectivity index (χ2v) is 3.23. The maximum Gasteiger partial charge on any atom is 0.223 e. The van der Waals surface area contributed by atoms with Crippen LogP contribution in [0.1, 0.15) is 12.8 Å². The summed E-state index contributed by atoms with van der Waals surface area (Å²) >= 11 is 0. The van der Waals surface area contributed by atoms with Gasteiger partial charge >= 0.3 is 0 Å². The van der Waals surface area contributed by atoms with Gasteiger partial charge < -0.3 is 10.5 Å². The first-order valence-corrected chi connectivity index (χ1v) is 4.24. The molecule has 1 aliphatic rings. The van der Waals surface area contributed by atoms with Gasteiger partial charge in [0.05, 0.1) is 6.07 Å². The quantitative estimate of drug-likeness (QED) is 0.590. The molecule has 5 heteroatoms. The number of nitrogens with one attached hydrogen (secondary N) is 1. The normalized spacial score (nSPS) is 24.2. The van der Waals surface area contributed by atoms with Crippen LogP contribution in [-0.2, 0) is 4.79 Å². The summed E-state index contributed by atoms with van der Waals surface area (Å²) in [5.74, 6) is -0.138. The monoisotopic (exact) mass is 183 g/mol. The summed E-state index contributed by atoms with van der Waals surface area (Å²) in [5.41, 5.74) is 0. The molecule has 0 bridgehead atoms. The van der Waals surface area contributed by atoms with E-state index in [9.17, 15) is 4.79 Å². The Morgan fingerprint density at radius 1 is 1.92 bits per heavy atom. The first kappa shape index (κ1) is 9.96. The third kappa shape index (κ3) is 2.41. The van der Waals surface area contributed by atoms with Crippen molar-refractivity contribution < 1.29 is 10.0 Å². The number of hydrogen-bond acceptors (Lipinski definition) is 4. The van der Waals surface area contributed by atoms with Gasteiger partial charge in [-0.1, -0.05) is 0 Å². The highest BCUT2D eigenvalue weighted by molar-refractivity contribution is 5.80. The maximum atomic E-state index is 11.1. The minimum atomic E-state index is -0.589. The lowest BCUT2D eigenvalue weighted by molar-refractivity contribution is -0.125. The van der Waals surface area contributed by atoms with E-state index in [2.05, 4.69) is 5.32 Å². The van der Waals surface area contributed by atoms with Gasteiger partial charge in [-0.05, 0) is 12.8 Å². The van der Waals surface area contributed by atoms with Crippen LogP contribution in [0.15, 0.2) is 0 Å². The first-order chi connectivity index (χ1) is 6.15. The molecule has 1 aliphatic heterocycles. The van der Waals surface area contributed by atoms with E-state index in [0.29, 0.717) is 13.0 Å². The van der Waals surface area contributed by atoms with Crippen LogP contribution in [-0.4, -0.2) is 35.8 Å². The van der Waals surface area contributed by atoms with Crippen molar-refractivity contribution in [2.24, 2.45) is 5.92 Å². The predicted molar refractivity (Wildman–Crippen MR) is 44.7 cm³/mol. The van der Waals surface area contributed by atoms with E-state index in [1.165, 1.54) is 7.05 Å². The van der Waals surface area contributed by atoms with Crippen molar-refractivity contribution in [1.82, 2.24) is 10.4 Å². The fourth-order valence-electron chi connectivity index (χ4n) is 1.43. The minimum Gasteiger partial charge on any atom is -0.356 e. The number of hydrogen-bond donors (Lipinski definition) is 2. The number of rotatable bonds is 3. The van der Waals surface area contributed by atoms with Crippen molar-refractivity contribution in [3.8, 4) is 6.07 Å². The summed E-state index contributed by atoms with van der Waals surface area (Å²) in [6.07, 6.45) is 1.15. The Morgan fingerprint density at radius 3 is 3.00 bits per heavy atom. The fraction of sp³-hybridized carbons (Fsp3) is 0.750. The molecule has 0 aromatic heterocycles. The molecule has 5 nitrogen and oxygen atoms in total. The Morgan fingerprint density at radius 2 is 2.62 bits per heavy atom. The van der Waals surface area contributed by atoms with Crippen LogP contribution in [0.4, 0.5) is 0 Å². The molecule has 2 atom stereocenters. The summed E-state index contributed by atoms with van der Waals surface area (Å²) in [4.78, 5) is 11.1. The highest BCUT2D eigenvalue weighted by Crippen LogP contribution is 2.17. The number of nitriles is 1. The molecule has 0 aromatic carbocycles. The van der Waals surface area contributed by atoms with E-state index in [-0.39, 0.29) is 11.8 Å². The second kappa shape index (κ2) is 4.21. The molecule has 0 radical (unpaired) electrons. The molecule has 13 heavy (non-hydrogen) atoms. The molecule has 1 amide bonds. The van der Waals surface area contributed by atoms with Gasteiger partial charge in [0.1, 0.15) is 6.04 Å². The van der Waals surface area contributed by atoms with Crippen LogP contribution in [0.5, 0.6) is 0 Å². The molecule has 1 fully saturated rings. The zero-order valence-electron chi connectivity index (χ0n) is 7.53. The first-order valence-electron chi connectivity index (χ1n) is 4.24. The molecular weight excluding hydrogens is 170 g/mol. The fourth-order valence-corrected chi connectivity index (χ4v) is 1.43. The van der Waals surface area contributed by atoms with Crippen LogP contribution in [0.3, 0.4) is 0 Å². The summed E-state index contributed by atoms with van der Waals surface area (Å²) < 4.78 is 0. The van der Waals surface area contributed by atoms with Crippen molar-refractivity contribution in [2.45, 2.75) is 18.9 Å². The maximum absolute atomic E-state index is 11.1. The van der Waals surface area contributed by atoms with Crippen molar-refractivity contribution in [1.29, 1.82) is 5.26 Å². The van der Waals surface area contributed by atoms with Crippen LogP contribution in [0.2, 0.25) is 0 Å². The molecule has 0 aromatic rings. The van der Waals surface area contributed by atoms with E-state index >= 15 is 0 Å². The van der Waals surface area contributed by atoms with Gasteiger partial charge in [0.15, 0.2) is 0 Å². The zero-order valence-corrected chi connectivity index (χ0v) is 7.53. The summed E-state index contributed by atoms with van der Waals surface area (Å²) in [6.45, 7) is 0.677. The lowest BCUT2D eigenvalue weighted by Crippen LogP contribution is -2.31. The lowest BCUT2D eigenvalue weighted by Gasteiger charge is -2.17. The van der Waals surface area contributed by atoms with Crippen molar-refractivity contribution in [3.05, 3.63) is 0 Å². The predicted octanol–water partition coefficient (Wildman–Crippen LogP) is -0.274. The third-order valence-corrected chi connectivity index (χ3v) is 2.27. The smallest absolute Gasteiger partial charge is 0.223 e. The van der Waals surface area contributed by atoms with E-state index in [4.69, 9.17) is 10.5 Å². The van der Waals surface area contributed by atoms with Gasteiger partial charge in [-0.15, -0.1) is 0 Å². The van der Waals surface area contributed by atoms with Gasteiger partial charge in [-0.25, -0.2) is 0 Å². The van der Waals surface area contributed by atoms with Crippen molar-refractivity contribution in [3.63, 3.8) is 0 Å². The Kier molecular flexibility index (Phi) is 3.23. The average molecular weight is 183 g/mol. The molecule has 0 saturated carbocycles. The molecular formula is C8H13N3O2. The molecule has 1 saturated heterocycles. The summed E-state index contributed by atoms with van der Waals surface area (Å²) in [7, 11) is 1.42. The van der Waals surface area contributed by atoms with E-state index in [1.54, 1.807) is 0 Å². The zero-order chi connectivity index (χ0) is 9.84. The molecule has 0 aliphatic carbocycles. The topological polar surface area (TPSA) is 76.4 Å². The molecule has 2 N–H and O–H groups in total. The van der Waals surface area contributed by atoms with Gasteiger partial charge in [0.25, 0.3) is 0 Å². The number of carbonyl (C=O) groups excluding carboxylic acids is 1. The van der Waals surface area contributed by atoms with E-state index in [0.717, 1.165) is 11.5 Å². The van der Waals surface area contributed by atoms with Gasteiger partial charge in [-0.3, -0.25) is 4.79 Å². The largest absolute Gasteiger partial charge is 0.356 e. The number of carbonyl (C=O) groups is 1. The molecule has 72 valence electrons. The van der Waals surface area contributed by atoms with Crippen LogP contribution < -0.4 is 5.32 Å². The van der Waals surface area contributed by atoms with Gasteiger partial charge in [-0.2, -0.15) is 10.3 Å². The number of nitrogens with zero attached hydrogens (tertiary/aromatic N) is 2. The van der Waals surface area contributed by atoms with E-state index < -0.39 is 6.04 Å².